The van der Waals surface area contributed by atoms with Crippen molar-refractivity contribution in [3.05, 3.63) is 0 Å². The van der Waals surface area contributed by atoms with Crippen molar-refractivity contribution in [2.75, 3.05) is 13.1 Å². The number of rotatable bonds is 5. The van der Waals surface area contributed by atoms with Gasteiger partial charge in [0.25, 0.3) is 0 Å². The molecule has 0 bridgehead atoms. The van der Waals surface area contributed by atoms with Crippen LogP contribution in [-0.2, 0) is 9.59 Å². The number of amides is 1. The maximum Gasteiger partial charge on any atom is 0.215 e. The summed E-state index contributed by atoms with van der Waals surface area (Å²) in [5, 5.41) is 0. The second kappa shape index (κ2) is 6.40. The Balaban J connectivity index is 4.18. The molecule has 5 heteroatoms. The van der Waals surface area contributed by atoms with Gasteiger partial charge in [0.2, 0.25) is 9.70 Å². The van der Waals surface area contributed by atoms with Crippen LogP contribution in [0, 0.1) is 5.92 Å². The minimum Gasteiger partial charge on any atom is -0.335 e. The highest BCUT2D eigenvalue weighted by Gasteiger charge is 2.14. The largest absolute Gasteiger partial charge is 0.335 e. The molecule has 0 spiro atoms. The Morgan fingerprint density at radius 2 is 2.00 bits per heavy atom. The van der Waals surface area contributed by atoms with Crippen LogP contribution in [0.2, 0.25) is 6.32 Å². The predicted molar refractivity (Wildman–Crippen MR) is 63.8 cm³/mol. The van der Waals surface area contributed by atoms with E-state index in [9.17, 15) is 9.59 Å². The summed E-state index contributed by atoms with van der Waals surface area (Å²) in [6.45, 7) is 4.98. The Kier molecular flexibility index (Phi) is 6.37. The number of hydrogen-bond acceptors (Lipinski definition) is 2. The second-order valence-electron chi connectivity index (χ2n) is 3.38. The fourth-order valence-electron chi connectivity index (χ4n) is 1.07. The van der Waals surface area contributed by atoms with Crippen LogP contribution in [0.15, 0.2) is 0 Å². The first-order valence-corrected chi connectivity index (χ1v) is 5.51. The van der Waals surface area contributed by atoms with Crippen molar-refractivity contribution in [1.82, 2.24) is 4.90 Å². The molecule has 1 amide bonds. The van der Waals surface area contributed by atoms with Gasteiger partial charge < -0.3 is 4.90 Å². The standard InChI is InChI=1S/C8H15BINO2/c1-6(2)4-11(5-7(10)12)8(13)3-9/h6H,3-5,9H2,1-2H3. The maximum absolute atomic E-state index is 11.4. The van der Waals surface area contributed by atoms with Crippen LogP contribution in [0.3, 0.4) is 0 Å². The van der Waals surface area contributed by atoms with E-state index in [-0.39, 0.29) is 16.2 Å². The summed E-state index contributed by atoms with van der Waals surface area (Å²) in [4.78, 5) is 23.8. The van der Waals surface area contributed by atoms with Crippen LogP contribution in [0.25, 0.3) is 0 Å². The van der Waals surface area contributed by atoms with E-state index in [0.29, 0.717) is 18.8 Å². The summed E-state index contributed by atoms with van der Waals surface area (Å²) < 4.78 is 0.0139. The van der Waals surface area contributed by atoms with E-state index < -0.39 is 0 Å². The molecule has 3 nitrogen and oxygen atoms in total. The van der Waals surface area contributed by atoms with Crippen molar-refractivity contribution in [3.8, 4) is 0 Å². The molecule has 0 atom stereocenters. The van der Waals surface area contributed by atoms with Gasteiger partial charge in [-0.2, -0.15) is 0 Å². The fourth-order valence-corrected chi connectivity index (χ4v) is 1.48. The van der Waals surface area contributed by atoms with Gasteiger partial charge >= 0.3 is 0 Å². The monoisotopic (exact) mass is 295 g/mol. The quantitative estimate of drug-likeness (QED) is 0.420. The number of hydrogen-bond donors (Lipinski definition) is 0. The molecule has 74 valence electrons. The van der Waals surface area contributed by atoms with E-state index >= 15 is 0 Å². The minimum atomic E-state index is 0.0139. The van der Waals surface area contributed by atoms with E-state index in [0.717, 1.165) is 0 Å². The van der Waals surface area contributed by atoms with Gasteiger partial charge in [-0.25, -0.2) is 0 Å². The average Bonchev–Trinajstić information content (AvgIpc) is 2.00. The third-order valence-corrected chi connectivity index (χ3v) is 1.90. The van der Waals surface area contributed by atoms with Gasteiger partial charge in [-0.1, -0.05) is 13.8 Å². The average molecular weight is 295 g/mol. The second-order valence-corrected chi connectivity index (χ2v) is 4.58. The maximum atomic E-state index is 11.4. The smallest absolute Gasteiger partial charge is 0.215 e. The summed E-state index contributed by atoms with van der Waals surface area (Å²) in [6, 6.07) is 0. The molecule has 0 unspecified atom stereocenters. The summed E-state index contributed by atoms with van der Waals surface area (Å²) in [5.74, 6) is 0.463. The number of carbonyl (C=O) groups excluding carboxylic acids is 2. The molecule has 0 N–H and O–H groups in total. The first-order chi connectivity index (χ1) is 5.97. The lowest BCUT2D eigenvalue weighted by Gasteiger charge is -2.22. The lowest BCUT2D eigenvalue weighted by Crippen LogP contribution is -2.36. The zero-order valence-corrected chi connectivity index (χ0v) is 10.5. The van der Waals surface area contributed by atoms with Crippen molar-refractivity contribution in [2.45, 2.75) is 20.2 Å². The Labute approximate surface area is 93.8 Å². The molecule has 0 rings (SSSR count). The highest BCUT2D eigenvalue weighted by molar-refractivity contribution is 14.1. The SMILES string of the molecule is BCC(=O)N(CC(=O)I)CC(C)C. The third kappa shape index (κ3) is 6.07. The molecule has 0 saturated carbocycles. The molecule has 0 aliphatic heterocycles. The molecular weight excluding hydrogens is 280 g/mol. The van der Waals surface area contributed by atoms with E-state index in [1.54, 1.807) is 27.5 Å². The van der Waals surface area contributed by atoms with Crippen molar-refractivity contribution in [3.63, 3.8) is 0 Å². The van der Waals surface area contributed by atoms with Gasteiger partial charge in [0.1, 0.15) is 7.85 Å². The van der Waals surface area contributed by atoms with Crippen LogP contribution in [0.4, 0.5) is 0 Å². The van der Waals surface area contributed by atoms with E-state index in [2.05, 4.69) is 0 Å². The number of carbonyl (C=O) groups is 2. The highest BCUT2D eigenvalue weighted by Crippen LogP contribution is 2.02. The molecule has 0 aromatic carbocycles. The van der Waals surface area contributed by atoms with Crippen molar-refractivity contribution >= 4 is 40.1 Å². The summed E-state index contributed by atoms with van der Waals surface area (Å²) in [6.07, 6.45) is 0.469. The molecule has 0 fully saturated rings. The molecule has 0 aliphatic rings. The lowest BCUT2D eigenvalue weighted by atomic mass is 10.0. The molecule has 0 aliphatic carbocycles. The van der Waals surface area contributed by atoms with Gasteiger partial charge in [-0.3, -0.25) is 9.59 Å². The van der Waals surface area contributed by atoms with E-state index in [1.807, 2.05) is 21.7 Å². The molecule has 0 heterocycles. The first-order valence-electron chi connectivity index (χ1n) is 4.43. The zero-order chi connectivity index (χ0) is 10.4. The van der Waals surface area contributed by atoms with Crippen LogP contribution in [-0.4, -0.2) is 35.5 Å². The Hall–Kier alpha value is -0.0651. The van der Waals surface area contributed by atoms with Gasteiger partial charge in [0, 0.05) is 29.1 Å². The van der Waals surface area contributed by atoms with Crippen molar-refractivity contribution in [2.24, 2.45) is 5.92 Å². The summed E-state index contributed by atoms with van der Waals surface area (Å²) in [7, 11) is 1.81. The summed E-state index contributed by atoms with van der Waals surface area (Å²) in [5.41, 5.74) is 0. The Morgan fingerprint density at radius 3 is 2.31 bits per heavy atom. The summed E-state index contributed by atoms with van der Waals surface area (Å²) >= 11 is 1.72. The van der Waals surface area contributed by atoms with Crippen molar-refractivity contribution in [1.29, 1.82) is 0 Å². The topological polar surface area (TPSA) is 37.4 Å². The van der Waals surface area contributed by atoms with E-state index in [1.165, 1.54) is 0 Å². The van der Waals surface area contributed by atoms with Crippen LogP contribution >= 0.6 is 22.6 Å². The molecule has 0 aromatic heterocycles. The fraction of sp³-hybridized carbons (Fsp3) is 0.750. The molecule has 0 saturated heterocycles. The van der Waals surface area contributed by atoms with Gasteiger partial charge in [-0.15, -0.1) is 0 Å². The molecule has 13 heavy (non-hydrogen) atoms. The highest BCUT2D eigenvalue weighted by atomic mass is 127. The van der Waals surface area contributed by atoms with Crippen molar-refractivity contribution < 1.29 is 9.59 Å². The first kappa shape index (κ1) is 12.9. The molecule has 0 radical (unpaired) electrons. The Morgan fingerprint density at radius 1 is 1.46 bits per heavy atom. The van der Waals surface area contributed by atoms with Crippen LogP contribution in [0.1, 0.15) is 13.8 Å². The number of nitrogens with zero attached hydrogens (tertiary/aromatic N) is 1. The lowest BCUT2D eigenvalue weighted by molar-refractivity contribution is -0.131. The van der Waals surface area contributed by atoms with Crippen LogP contribution in [0.5, 0.6) is 0 Å². The third-order valence-electron chi connectivity index (χ3n) is 1.56. The van der Waals surface area contributed by atoms with Gasteiger partial charge in [0.05, 0.1) is 6.54 Å². The van der Waals surface area contributed by atoms with E-state index in [4.69, 9.17) is 0 Å². The minimum absolute atomic E-state index is 0.0139. The zero-order valence-electron chi connectivity index (χ0n) is 8.34. The van der Waals surface area contributed by atoms with Crippen LogP contribution < -0.4 is 0 Å². The number of halogens is 1. The molecular formula is C8H15BINO2. The normalized spacial score (nSPS) is 10.2. The van der Waals surface area contributed by atoms with Gasteiger partial charge in [-0.05, 0) is 12.2 Å². The molecule has 0 aromatic rings. The Bertz CT molecular complexity index is 197. The van der Waals surface area contributed by atoms with Gasteiger partial charge in [0.15, 0.2) is 0 Å². The predicted octanol–water partition coefficient (Wildman–Crippen LogP) is 0.484.